The van der Waals surface area contributed by atoms with Gasteiger partial charge in [-0.25, -0.2) is 0 Å². The topological polar surface area (TPSA) is 148 Å². The minimum atomic E-state index is -0.828. The van der Waals surface area contributed by atoms with Gasteiger partial charge in [0, 0.05) is 37.6 Å². The van der Waals surface area contributed by atoms with Crippen molar-refractivity contribution in [1.29, 1.82) is 0 Å². The van der Waals surface area contributed by atoms with Gasteiger partial charge in [0.15, 0.2) is 0 Å². The third-order valence-corrected chi connectivity index (χ3v) is 7.31. The largest absolute Gasteiger partial charge is 0.462 e. The zero-order valence-electron chi connectivity index (χ0n) is 24.3. The number of nitrogens with one attached hydrogen (secondary N) is 1. The Balaban J connectivity index is 2.15. The van der Waals surface area contributed by atoms with Crippen LogP contribution < -0.4 is 5.32 Å². The number of carbonyl (C=O) groups excluding carboxylic acids is 2. The fraction of sp³-hybridized carbons (Fsp3) is 0.613. The molecule has 1 fully saturated rings. The van der Waals surface area contributed by atoms with E-state index in [1.165, 1.54) is 0 Å². The number of amides is 1. The highest BCUT2D eigenvalue weighted by molar-refractivity contribution is 5.75. The highest BCUT2D eigenvalue weighted by Gasteiger charge is 2.45. The van der Waals surface area contributed by atoms with E-state index in [0.29, 0.717) is 45.1 Å². The van der Waals surface area contributed by atoms with Crippen LogP contribution in [-0.2, 0) is 19.2 Å². The Morgan fingerprint density at radius 3 is 2.56 bits per heavy atom. The van der Waals surface area contributed by atoms with Gasteiger partial charge >= 0.3 is 5.97 Å². The number of aliphatic hydroxyl groups is 2. The SMILES string of the molecule is CCNC(=O)CCC/C=C\C[C@@H]1[C@H](/C(=C\[C@@H](O)CC)c2ccccc2)[C@H](O)C[C@@H]1OC(=O)CCCCCO[N+](=O)[O-]. The van der Waals surface area contributed by atoms with Gasteiger partial charge in [0.1, 0.15) is 6.10 Å². The summed E-state index contributed by atoms with van der Waals surface area (Å²) in [6.07, 6.45) is 8.96. The summed E-state index contributed by atoms with van der Waals surface area (Å²) in [6, 6.07) is 9.66. The van der Waals surface area contributed by atoms with Crippen molar-refractivity contribution in [3.05, 3.63) is 64.2 Å². The number of carbonyl (C=O) groups is 2. The van der Waals surface area contributed by atoms with Crippen molar-refractivity contribution in [1.82, 2.24) is 5.32 Å². The number of allylic oxidation sites excluding steroid dienone is 2. The molecule has 1 aromatic rings. The van der Waals surface area contributed by atoms with Crippen molar-refractivity contribution in [3.63, 3.8) is 0 Å². The number of unbranched alkanes of at least 4 members (excludes halogenated alkanes) is 3. The van der Waals surface area contributed by atoms with Crippen molar-refractivity contribution < 1.29 is 34.5 Å². The number of nitrogens with zero attached hydrogens (tertiary/aromatic N) is 1. The van der Waals surface area contributed by atoms with Gasteiger partial charge in [-0.2, -0.15) is 0 Å². The zero-order chi connectivity index (χ0) is 30.0. The lowest BCUT2D eigenvalue weighted by Gasteiger charge is -2.28. The van der Waals surface area contributed by atoms with Crippen molar-refractivity contribution in [2.45, 2.75) is 96.4 Å². The van der Waals surface area contributed by atoms with Crippen LogP contribution in [0.1, 0.15) is 83.6 Å². The van der Waals surface area contributed by atoms with Crippen LogP contribution in [0.3, 0.4) is 0 Å². The molecule has 1 aliphatic carbocycles. The Morgan fingerprint density at radius 1 is 1.12 bits per heavy atom. The minimum Gasteiger partial charge on any atom is -0.462 e. The summed E-state index contributed by atoms with van der Waals surface area (Å²) in [5.74, 6) is -0.898. The first-order valence-electron chi connectivity index (χ1n) is 14.8. The summed E-state index contributed by atoms with van der Waals surface area (Å²) in [5.41, 5.74) is 1.75. The highest BCUT2D eigenvalue weighted by atomic mass is 16.9. The molecule has 228 valence electrons. The van der Waals surface area contributed by atoms with Crippen LogP contribution in [0, 0.1) is 22.0 Å². The summed E-state index contributed by atoms with van der Waals surface area (Å²) >= 11 is 0. The van der Waals surface area contributed by atoms with Gasteiger partial charge in [-0.05, 0) is 56.6 Å². The number of ether oxygens (including phenoxy) is 1. The molecule has 1 amide bonds. The Kier molecular flexibility index (Phi) is 15.7. The number of hydrogen-bond acceptors (Lipinski definition) is 8. The van der Waals surface area contributed by atoms with E-state index in [4.69, 9.17) is 4.74 Å². The molecule has 0 unspecified atom stereocenters. The Bertz CT molecular complexity index is 997. The van der Waals surface area contributed by atoms with Crippen LogP contribution in [-0.4, -0.2) is 58.6 Å². The molecule has 0 aromatic heterocycles. The molecule has 5 atom stereocenters. The smallest absolute Gasteiger partial charge is 0.306 e. The molecule has 0 radical (unpaired) electrons. The van der Waals surface area contributed by atoms with E-state index in [-0.39, 0.29) is 43.2 Å². The van der Waals surface area contributed by atoms with Gasteiger partial charge in [-0.15, -0.1) is 10.1 Å². The van der Waals surface area contributed by atoms with E-state index in [9.17, 15) is 29.9 Å². The molecule has 3 N–H and O–H groups in total. The fourth-order valence-electron chi connectivity index (χ4n) is 5.26. The van der Waals surface area contributed by atoms with Crippen LogP contribution in [0.4, 0.5) is 0 Å². The van der Waals surface area contributed by atoms with Gasteiger partial charge in [-0.1, -0.05) is 61.9 Å². The molecule has 2 rings (SSSR count). The molecule has 41 heavy (non-hydrogen) atoms. The van der Waals surface area contributed by atoms with E-state index in [0.717, 1.165) is 24.0 Å². The van der Waals surface area contributed by atoms with Crippen LogP contribution in [0.25, 0.3) is 5.57 Å². The van der Waals surface area contributed by atoms with Crippen LogP contribution in [0.2, 0.25) is 0 Å². The highest BCUT2D eigenvalue weighted by Crippen LogP contribution is 2.45. The third-order valence-electron chi connectivity index (χ3n) is 7.31. The molecule has 1 aliphatic rings. The molecule has 10 nitrogen and oxygen atoms in total. The summed E-state index contributed by atoms with van der Waals surface area (Å²) in [4.78, 5) is 39.0. The fourth-order valence-corrected chi connectivity index (χ4v) is 5.26. The molecule has 1 saturated carbocycles. The van der Waals surface area contributed by atoms with E-state index in [1.54, 1.807) is 0 Å². The maximum absolute atomic E-state index is 12.7. The molecule has 0 aliphatic heterocycles. The van der Waals surface area contributed by atoms with Crippen LogP contribution in [0.5, 0.6) is 0 Å². The Morgan fingerprint density at radius 2 is 1.88 bits per heavy atom. The average molecular weight is 575 g/mol. The maximum atomic E-state index is 12.7. The van der Waals surface area contributed by atoms with Gasteiger partial charge < -0.3 is 25.1 Å². The first-order chi connectivity index (χ1) is 19.8. The molecular formula is C31H46N2O8. The number of esters is 1. The van der Waals surface area contributed by atoms with Gasteiger partial charge in [0.2, 0.25) is 5.91 Å². The van der Waals surface area contributed by atoms with Crippen LogP contribution in [0.15, 0.2) is 48.6 Å². The van der Waals surface area contributed by atoms with Crippen molar-refractivity contribution in [2.24, 2.45) is 11.8 Å². The lowest BCUT2D eigenvalue weighted by Crippen LogP contribution is -2.27. The summed E-state index contributed by atoms with van der Waals surface area (Å²) in [6.45, 7) is 4.39. The zero-order valence-corrected chi connectivity index (χ0v) is 24.3. The van der Waals surface area contributed by atoms with Crippen molar-refractivity contribution in [2.75, 3.05) is 13.2 Å². The predicted octanol–water partition coefficient (Wildman–Crippen LogP) is 4.77. The van der Waals surface area contributed by atoms with E-state index in [1.807, 2.05) is 62.4 Å². The van der Waals surface area contributed by atoms with E-state index < -0.39 is 23.4 Å². The lowest BCUT2D eigenvalue weighted by molar-refractivity contribution is -0.757. The first-order valence-corrected chi connectivity index (χ1v) is 14.8. The van der Waals surface area contributed by atoms with Crippen molar-refractivity contribution >= 4 is 17.4 Å². The lowest BCUT2D eigenvalue weighted by atomic mass is 9.80. The second kappa shape index (κ2) is 19.0. The third kappa shape index (κ3) is 12.4. The maximum Gasteiger partial charge on any atom is 0.306 e. The number of rotatable bonds is 19. The molecule has 0 spiro atoms. The van der Waals surface area contributed by atoms with E-state index in [2.05, 4.69) is 10.2 Å². The first kappa shape index (κ1) is 34.0. The number of hydrogen-bond donors (Lipinski definition) is 3. The second-order valence-corrected chi connectivity index (χ2v) is 10.4. The monoisotopic (exact) mass is 574 g/mol. The molecule has 0 bridgehead atoms. The van der Waals surface area contributed by atoms with Gasteiger partial charge in [0.05, 0.1) is 18.8 Å². The molecule has 1 aromatic carbocycles. The van der Waals surface area contributed by atoms with Crippen LogP contribution >= 0.6 is 0 Å². The van der Waals surface area contributed by atoms with Gasteiger partial charge in [-0.3, -0.25) is 9.59 Å². The minimum absolute atomic E-state index is 0.00552. The standard InChI is InChI=1S/C31H46N2O8/c1-3-24(34)21-26(23-15-9-7-10-16-23)31-25(17-11-5-6-12-18-29(36)32-4-2)28(22-27(31)35)41-30(37)19-13-8-14-20-40-33(38)39/h5,7,9-11,15-16,21,24-25,27-28,31,34-35H,3-4,6,8,12-14,17-20,22H2,1-2H3,(H,32,36)/b11-5-,26-21-/t24-,25-,27+,28-,31+/m0/s1. The Hall–Kier alpha value is -3.24. The predicted molar refractivity (Wildman–Crippen MR) is 156 cm³/mol. The molecule has 0 saturated heterocycles. The Labute approximate surface area is 242 Å². The molecule has 0 heterocycles. The van der Waals surface area contributed by atoms with Gasteiger partial charge in [0.25, 0.3) is 5.09 Å². The number of aliphatic hydroxyl groups excluding tert-OH is 2. The molecular weight excluding hydrogens is 528 g/mol. The van der Waals surface area contributed by atoms with Crippen molar-refractivity contribution in [3.8, 4) is 0 Å². The second-order valence-electron chi connectivity index (χ2n) is 10.4. The summed E-state index contributed by atoms with van der Waals surface area (Å²) in [5, 5.41) is 34.0. The quantitative estimate of drug-likeness (QED) is 0.0703. The summed E-state index contributed by atoms with van der Waals surface area (Å²) < 4.78 is 5.91. The number of benzene rings is 1. The average Bonchev–Trinajstić information content (AvgIpc) is 3.25. The van der Waals surface area contributed by atoms with E-state index >= 15 is 0 Å². The normalized spacial score (nSPS) is 21.5. The molecule has 10 heteroatoms. The summed E-state index contributed by atoms with van der Waals surface area (Å²) in [7, 11) is 0.